The van der Waals surface area contributed by atoms with Crippen LogP contribution in [0.15, 0.2) is 12.1 Å². The summed E-state index contributed by atoms with van der Waals surface area (Å²) < 4.78 is 27.1. The van der Waals surface area contributed by atoms with E-state index in [-0.39, 0.29) is 47.1 Å². The summed E-state index contributed by atoms with van der Waals surface area (Å²) in [4.78, 5) is 14.9. The first kappa shape index (κ1) is 25.2. The van der Waals surface area contributed by atoms with Crippen molar-refractivity contribution in [1.29, 1.82) is 0 Å². The van der Waals surface area contributed by atoms with Gasteiger partial charge in [-0.25, -0.2) is 8.93 Å². The Morgan fingerprint density at radius 1 is 1.24 bits per heavy atom. The molecule has 33 heavy (non-hydrogen) atoms. The van der Waals surface area contributed by atoms with Crippen molar-refractivity contribution in [2.45, 2.75) is 63.7 Å². The van der Waals surface area contributed by atoms with Gasteiger partial charge in [0.2, 0.25) is 0 Å². The lowest BCUT2D eigenvalue weighted by Crippen LogP contribution is -2.61. The first-order chi connectivity index (χ1) is 15.3. The molecule has 0 aromatic heterocycles. The number of phenols is 1. The third-order valence-corrected chi connectivity index (χ3v) is 9.08. The van der Waals surface area contributed by atoms with E-state index in [0.29, 0.717) is 23.7 Å². The Kier molecular flexibility index (Phi) is 6.84. The molecule has 1 saturated carbocycles. The number of aromatic hydroxyl groups is 1. The van der Waals surface area contributed by atoms with E-state index in [4.69, 9.17) is 32.7 Å². The Bertz CT molecular complexity index is 955. The van der Waals surface area contributed by atoms with Gasteiger partial charge in [0.15, 0.2) is 11.9 Å². The van der Waals surface area contributed by atoms with Crippen molar-refractivity contribution >= 4 is 40.1 Å². The van der Waals surface area contributed by atoms with Gasteiger partial charge in [-0.15, -0.1) is 0 Å². The van der Waals surface area contributed by atoms with Gasteiger partial charge in [-0.05, 0) is 64.9 Å². The molecule has 184 valence electrons. The van der Waals surface area contributed by atoms with E-state index >= 15 is 0 Å². The maximum Gasteiger partial charge on any atom is 0.254 e. The van der Waals surface area contributed by atoms with Crippen LogP contribution in [0.2, 0.25) is 10.0 Å². The molecular formula is C23H32Cl2N2O5S. The van der Waals surface area contributed by atoms with Gasteiger partial charge >= 0.3 is 0 Å². The highest BCUT2D eigenvalue weighted by Crippen LogP contribution is 2.53. The van der Waals surface area contributed by atoms with Crippen molar-refractivity contribution in [2.24, 2.45) is 17.8 Å². The zero-order chi connectivity index (χ0) is 24.3. The zero-order valence-corrected chi connectivity index (χ0v) is 21.9. The third kappa shape index (κ3) is 5.07. The highest BCUT2D eigenvalue weighted by Gasteiger charge is 2.53. The van der Waals surface area contributed by atoms with Crippen LogP contribution in [0.4, 0.5) is 0 Å². The number of fused-ring (bicyclic) bond motifs is 2. The first-order valence-corrected chi connectivity index (χ1v) is 13.1. The Labute approximate surface area is 207 Å². The summed E-state index contributed by atoms with van der Waals surface area (Å²) >= 11 is 12.4. The fraction of sp³-hybridized carbons (Fsp3) is 0.696. The van der Waals surface area contributed by atoms with Crippen LogP contribution in [0.5, 0.6) is 5.75 Å². The van der Waals surface area contributed by atoms with Crippen molar-refractivity contribution in [2.75, 3.05) is 19.7 Å². The molecule has 4 aliphatic rings. The monoisotopic (exact) mass is 518 g/mol. The Balaban J connectivity index is 1.55. The number of rotatable bonds is 5. The molecule has 5 atom stereocenters. The molecule has 5 rings (SSSR count). The summed E-state index contributed by atoms with van der Waals surface area (Å²) in [6, 6.07) is 2.70. The minimum atomic E-state index is -1.37. The number of halogens is 2. The van der Waals surface area contributed by atoms with Crippen LogP contribution in [0, 0.1) is 17.8 Å². The van der Waals surface area contributed by atoms with E-state index < -0.39 is 27.6 Å². The fourth-order valence-electron chi connectivity index (χ4n) is 5.10. The van der Waals surface area contributed by atoms with Gasteiger partial charge in [0.05, 0.1) is 38.4 Å². The molecule has 1 amide bonds. The molecule has 0 spiro atoms. The second kappa shape index (κ2) is 8.95. The lowest BCUT2D eigenvalue weighted by molar-refractivity contribution is -0.167. The van der Waals surface area contributed by atoms with Crippen LogP contribution in [0.25, 0.3) is 0 Å². The fourth-order valence-corrected chi connectivity index (χ4v) is 6.30. The quantitative estimate of drug-likeness (QED) is 0.613. The molecule has 3 saturated heterocycles. The number of ether oxygens (including phenoxy) is 2. The van der Waals surface area contributed by atoms with Crippen LogP contribution in [-0.2, 0) is 25.3 Å². The highest BCUT2D eigenvalue weighted by molar-refractivity contribution is 7.84. The van der Waals surface area contributed by atoms with Gasteiger partial charge in [-0.2, -0.15) is 0 Å². The summed E-state index contributed by atoms with van der Waals surface area (Å²) in [5.74, 6) is -0.282. The minimum absolute atomic E-state index is 0.0180. The summed E-state index contributed by atoms with van der Waals surface area (Å²) in [7, 11) is -1.37. The van der Waals surface area contributed by atoms with Crippen LogP contribution in [0.3, 0.4) is 0 Å². The smallest absolute Gasteiger partial charge is 0.254 e. The number of nitrogens with zero attached hydrogens (tertiary/aromatic N) is 1. The number of piperidine rings is 2. The van der Waals surface area contributed by atoms with E-state index in [1.807, 2.05) is 25.7 Å². The SMILES string of the molecule is CC1(C)OC[C@H](C(=O)N2CC3CC(C2)C3C(NS(=O)C(C)(C)C)c2cc(Cl)c(Cl)cc2O)O1. The average Bonchev–Trinajstić information content (AvgIpc) is 3.08. The number of phenolic OH excluding ortho intramolecular Hbond substituents is 1. The second-order valence-electron chi connectivity index (χ2n) is 10.7. The standard InChI is InChI=1S/C23H32Cl2N2O5S/c1-22(2,3)33(30)26-20(14-7-15(24)16(25)8-17(14)28)19-12-6-13(19)10-27(9-12)21(29)18-11-31-23(4,5)32-18/h7-8,12-13,18-20,26,28H,6,9-11H2,1-5H3/t12?,13?,18-,19?,20?,33?/m1/s1. The van der Waals surface area contributed by atoms with E-state index in [9.17, 15) is 14.1 Å². The number of amides is 1. The molecule has 1 aromatic rings. The first-order valence-electron chi connectivity index (χ1n) is 11.2. The predicted octanol–water partition coefficient (Wildman–Crippen LogP) is 4.04. The molecular weight excluding hydrogens is 487 g/mol. The largest absolute Gasteiger partial charge is 0.508 e. The summed E-state index contributed by atoms with van der Waals surface area (Å²) in [6.07, 6.45) is 0.391. The summed E-state index contributed by atoms with van der Waals surface area (Å²) in [6.45, 7) is 10.7. The zero-order valence-electron chi connectivity index (χ0n) is 19.6. The number of carbonyl (C=O) groups is 1. The second-order valence-corrected chi connectivity index (χ2v) is 13.5. The molecule has 1 aromatic carbocycles. The van der Waals surface area contributed by atoms with Gasteiger partial charge in [-0.1, -0.05) is 23.2 Å². The van der Waals surface area contributed by atoms with Crippen molar-refractivity contribution < 1.29 is 23.6 Å². The van der Waals surface area contributed by atoms with Gasteiger partial charge in [-0.3, -0.25) is 4.79 Å². The molecule has 4 fully saturated rings. The molecule has 10 heteroatoms. The number of benzene rings is 1. The van der Waals surface area contributed by atoms with E-state index in [2.05, 4.69) is 4.72 Å². The third-order valence-electron chi connectivity index (χ3n) is 6.78. The molecule has 3 aliphatic heterocycles. The lowest BCUT2D eigenvalue weighted by atomic mass is 9.58. The maximum atomic E-state index is 13.0. The van der Waals surface area contributed by atoms with Gasteiger partial charge in [0.1, 0.15) is 5.75 Å². The Morgan fingerprint density at radius 3 is 2.39 bits per heavy atom. The minimum Gasteiger partial charge on any atom is -0.508 e. The molecule has 4 unspecified atom stereocenters. The van der Waals surface area contributed by atoms with Gasteiger partial charge in [0, 0.05) is 24.7 Å². The Morgan fingerprint density at radius 2 is 1.85 bits per heavy atom. The number of nitrogens with one attached hydrogen (secondary N) is 1. The summed E-state index contributed by atoms with van der Waals surface area (Å²) in [5, 5.41) is 11.3. The normalized spacial score (nSPS) is 30.6. The lowest BCUT2D eigenvalue weighted by Gasteiger charge is -2.56. The van der Waals surface area contributed by atoms with Crippen LogP contribution in [0.1, 0.15) is 52.6 Å². The molecule has 1 aliphatic carbocycles. The van der Waals surface area contributed by atoms with Crippen molar-refractivity contribution in [3.63, 3.8) is 0 Å². The molecule has 7 nitrogen and oxygen atoms in total. The highest BCUT2D eigenvalue weighted by atomic mass is 35.5. The van der Waals surface area contributed by atoms with E-state index in [1.54, 1.807) is 19.9 Å². The molecule has 3 heterocycles. The number of hydrogen-bond acceptors (Lipinski definition) is 5. The maximum absolute atomic E-state index is 13.0. The summed E-state index contributed by atoms with van der Waals surface area (Å²) in [5.41, 5.74) is 0.579. The topological polar surface area (TPSA) is 88.1 Å². The van der Waals surface area contributed by atoms with E-state index in [0.717, 1.165) is 6.42 Å². The average molecular weight is 519 g/mol. The van der Waals surface area contributed by atoms with Crippen molar-refractivity contribution in [3.05, 3.63) is 27.7 Å². The van der Waals surface area contributed by atoms with E-state index in [1.165, 1.54) is 6.07 Å². The predicted molar refractivity (Wildman–Crippen MR) is 128 cm³/mol. The number of hydrogen-bond donors (Lipinski definition) is 2. The van der Waals surface area contributed by atoms with Crippen molar-refractivity contribution in [1.82, 2.24) is 9.62 Å². The van der Waals surface area contributed by atoms with Crippen LogP contribution >= 0.6 is 23.2 Å². The van der Waals surface area contributed by atoms with Gasteiger partial charge < -0.3 is 19.5 Å². The van der Waals surface area contributed by atoms with Gasteiger partial charge in [0.25, 0.3) is 5.91 Å². The van der Waals surface area contributed by atoms with Crippen molar-refractivity contribution in [3.8, 4) is 5.75 Å². The van der Waals surface area contributed by atoms with Crippen LogP contribution in [-0.4, -0.2) is 56.5 Å². The molecule has 2 bridgehead atoms. The molecule has 2 N–H and O–H groups in total. The Hall–Kier alpha value is -0.900. The van der Waals surface area contributed by atoms with Crippen LogP contribution < -0.4 is 4.72 Å². The number of carbonyl (C=O) groups excluding carboxylic acids is 1. The molecule has 0 radical (unpaired) electrons.